The van der Waals surface area contributed by atoms with E-state index in [0.717, 1.165) is 37.2 Å². The molecule has 1 unspecified atom stereocenters. The minimum Gasteiger partial charge on any atom is -0.344 e. The van der Waals surface area contributed by atoms with Crippen LogP contribution in [0.2, 0.25) is 0 Å². The highest BCUT2D eigenvalue weighted by Crippen LogP contribution is 2.32. The van der Waals surface area contributed by atoms with Gasteiger partial charge in [0.2, 0.25) is 7.37 Å². The monoisotopic (exact) mass is 264 g/mol. The van der Waals surface area contributed by atoms with Crippen molar-refractivity contribution >= 4 is 13.3 Å². The molecule has 7 heteroatoms. The lowest BCUT2D eigenvalue weighted by Gasteiger charge is -2.29. The van der Waals surface area contributed by atoms with Gasteiger partial charge in [-0.05, 0) is 12.8 Å². The number of nitrogens with one attached hydrogen (secondary N) is 1. The second-order valence-electron chi connectivity index (χ2n) is 4.67. The van der Waals surface area contributed by atoms with Crippen LogP contribution in [-0.4, -0.2) is 46.6 Å². The first-order chi connectivity index (χ1) is 7.90. The normalized spacial score (nSPS) is 20.9. The Morgan fingerprint density at radius 3 is 2.53 bits per heavy atom. The van der Waals surface area contributed by atoms with Gasteiger partial charge in [-0.1, -0.05) is 19.3 Å². The molecular weight excluding hydrogens is 243 g/mol. The number of carbonyl (C=O) groups excluding carboxylic acids is 1. The van der Waals surface area contributed by atoms with Gasteiger partial charge in [-0.15, -0.1) is 0 Å². The largest absolute Gasteiger partial charge is 0.344 e. The molecule has 0 saturated heterocycles. The zero-order chi connectivity index (χ0) is 12.9. The summed E-state index contributed by atoms with van der Waals surface area (Å²) in [7, 11) is -3.15. The number of hydrogen-bond acceptors (Lipinski definition) is 4. The van der Waals surface area contributed by atoms with E-state index in [1.807, 2.05) is 0 Å². The van der Waals surface area contributed by atoms with Gasteiger partial charge in [-0.3, -0.25) is 19.9 Å². The first kappa shape index (κ1) is 14.6. The van der Waals surface area contributed by atoms with Gasteiger partial charge >= 0.3 is 0 Å². The van der Waals surface area contributed by atoms with Crippen LogP contribution >= 0.6 is 7.37 Å². The van der Waals surface area contributed by atoms with Crippen molar-refractivity contribution in [2.75, 3.05) is 19.5 Å². The van der Waals surface area contributed by atoms with Crippen LogP contribution in [-0.2, 0) is 9.36 Å². The van der Waals surface area contributed by atoms with Crippen LogP contribution in [0.3, 0.4) is 0 Å². The Balaban J connectivity index is 2.28. The summed E-state index contributed by atoms with van der Waals surface area (Å²) in [5, 5.41) is 13.0. The van der Waals surface area contributed by atoms with Gasteiger partial charge in [-0.2, -0.15) is 0 Å². The molecular formula is C10H21N2O4P. The van der Waals surface area contributed by atoms with Gasteiger partial charge in [-0.25, -0.2) is 5.06 Å². The molecule has 1 amide bonds. The summed E-state index contributed by atoms with van der Waals surface area (Å²) in [4.78, 5) is 20.6. The first-order valence-corrected chi connectivity index (χ1v) is 8.20. The number of nitrogens with zero attached hydrogens (tertiary/aromatic N) is 1. The lowest BCUT2D eigenvalue weighted by atomic mass is 9.95. The molecule has 6 nitrogen and oxygen atoms in total. The highest BCUT2D eigenvalue weighted by Gasteiger charge is 2.24. The fraction of sp³-hybridized carbons (Fsp3) is 0.900. The predicted molar refractivity (Wildman–Crippen MR) is 64.1 cm³/mol. The smallest absolute Gasteiger partial charge is 0.260 e. The van der Waals surface area contributed by atoms with E-state index in [1.54, 1.807) is 0 Å². The van der Waals surface area contributed by atoms with Gasteiger partial charge in [0.15, 0.2) is 0 Å². The molecule has 3 N–H and O–H groups in total. The minimum absolute atomic E-state index is 0.0967. The van der Waals surface area contributed by atoms with Gasteiger partial charge < -0.3 is 4.89 Å². The number of carbonyl (C=O) groups is 1. The third-order valence-electron chi connectivity index (χ3n) is 2.86. The molecule has 1 rings (SSSR count). The lowest BCUT2D eigenvalue weighted by molar-refractivity contribution is -0.177. The van der Waals surface area contributed by atoms with Crippen LogP contribution in [0.1, 0.15) is 32.1 Å². The van der Waals surface area contributed by atoms with Crippen LogP contribution in [0.25, 0.3) is 0 Å². The minimum atomic E-state index is -3.15. The predicted octanol–water partition coefficient (Wildman–Crippen LogP) is 0.984. The third kappa shape index (κ3) is 5.64. The first-order valence-electron chi connectivity index (χ1n) is 5.91. The molecule has 1 fully saturated rings. The zero-order valence-corrected chi connectivity index (χ0v) is 11.0. The number of hydrogen-bond donors (Lipinski definition) is 3. The zero-order valence-electron chi connectivity index (χ0n) is 10.1. The molecule has 0 bridgehead atoms. The lowest BCUT2D eigenvalue weighted by Crippen LogP contribution is -2.43. The van der Waals surface area contributed by atoms with Crippen LogP contribution in [0.4, 0.5) is 0 Å². The SMILES string of the molecule is CP(=O)(O)CNCC(=O)N(O)C1CCCCC1. The van der Waals surface area contributed by atoms with Crippen LogP contribution in [0.5, 0.6) is 0 Å². The summed E-state index contributed by atoms with van der Waals surface area (Å²) in [6.45, 7) is 1.12. The maximum Gasteiger partial charge on any atom is 0.260 e. The van der Waals surface area contributed by atoms with Crippen molar-refractivity contribution in [2.45, 2.75) is 38.1 Å². The Hall–Kier alpha value is -0.420. The molecule has 0 spiro atoms. The summed E-state index contributed by atoms with van der Waals surface area (Å²) < 4.78 is 11.0. The molecule has 0 aromatic rings. The quantitative estimate of drug-likeness (QED) is 0.391. The topological polar surface area (TPSA) is 89.9 Å². The molecule has 0 radical (unpaired) electrons. The highest BCUT2D eigenvalue weighted by molar-refractivity contribution is 7.57. The van der Waals surface area contributed by atoms with Crippen LogP contribution in [0, 0.1) is 0 Å². The second kappa shape index (κ2) is 6.50. The molecule has 1 atom stereocenters. The summed E-state index contributed by atoms with van der Waals surface area (Å²) >= 11 is 0. The maximum atomic E-state index is 11.6. The summed E-state index contributed by atoms with van der Waals surface area (Å²) in [5.74, 6) is -0.439. The van der Waals surface area contributed by atoms with E-state index in [0.29, 0.717) is 0 Å². The molecule has 1 aliphatic carbocycles. The number of amides is 1. The van der Waals surface area contributed by atoms with E-state index < -0.39 is 13.3 Å². The Labute approximate surface area is 101 Å². The van der Waals surface area contributed by atoms with E-state index in [4.69, 9.17) is 4.89 Å². The summed E-state index contributed by atoms with van der Waals surface area (Å²) in [6.07, 6.45) is 4.76. The Morgan fingerprint density at radius 2 is 2.00 bits per heavy atom. The molecule has 0 aromatic heterocycles. The van der Waals surface area contributed by atoms with Gasteiger partial charge in [0, 0.05) is 6.66 Å². The van der Waals surface area contributed by atoms with Gasteiger partial charge in [0.25, 0.3) is 5.91 Å². The van der Waals surface area contributed by atoms with E-state index in [1.165, 1.54) is 6.66 Å². The van der Waals surface area contributed by atoms with Crippen molar-refractivity contribution in [3.63, 3.8) is 0 Å². The van der Waals surface area contributed by atoms with Crippen molar-refractivity contribution in [2.24, 2.45) is 0 Å². The number of rotatable bonds is 5. The Bertz CT molecular complexity index is 299. The average molecular weight is 264 g/mol. The Morgan fingerprint density at radius 1 is 1.41 bits per heavy atom. The fourth-order valence-corrected chi connectivity index (χ4v) is 2.51. The van der Waals surface area contributed by atoms with Crippen molar-refractivity contribution in [1.82, 2.24) is 10.4 Å². The van der Waals surface area contributed by atoms with Gasteiger partial charge in [0.05, 0.1) is 18.9 Å². The Kier molecular flexibility index (Phi) is 5.59. The van der Waals surface area contributed by atoms with Crippen molar-refractivity contribution in [3.8, 4) is 0 Å². The third-order valence-corrected chi connectivity index (χ3v) is 3.67. The standard InChI is InChI=1S/C10H21N2O4P/c1-17(15,16)8-11-7-10(13)12(14)9-5-3-2-4-6-9/h9,11,14H,2-8H2,1H3,(H,15,16). The van der Waals surface area contributed by atoms with Crippen molar-refractivity contribution < 1.29 is 19.5 Å². The van der Waals surface area contributed by atoms with Crippen LogP contribution in [0.15, 0.2) is 0 Å². The molecule has 100 valence electrons. The molecule has 0 aliphatic heterocycles. The molecule has 1 saturated carbocycles. The molecule has 17 heavy (non-hydrogen) atoms. The maximum absolute atomic E-state index is 11.6. The van der Waals surface area contributed by atoms with Gasteiger partial charge in [0.1, 0.15) is 0 Å². The molecule has 0 heterocycles. The van der Waals surface area contributed by atoms with E-state index in [-0.39, 0.29) is 18.9 Å². The van der Waals surface area contributed by atoms with Crippen molar-refractivity contribution in [3.05, 3.63) is 0 Å². The summed E-state index contributed by atoms with van der Waals surface area (Å²) in [5.41, 5.74) is 0. The average Bonchev–Trinajstić information content (AvgIpc) is 2.27. The van der Waals surface area contributed by atoms with Crippen molar-refractivity contribution in [1.29, 1.82) is 0 Å². The van der Waals surface area contributed by atoms with E-state index in [9.17, 15) is 14.6 Å². The fourth-order valence-electron chi connectivity index (χ4n) is 1.98. The molecule has 0 aromatic carbocycles. The van der Waals surface area contributed by atoms with Crippen LogP contribution < -0.4 is 5.32 Å². The summed E-state index contributed by atoms with van der Waals surface area (Å²) in [6, 6.07) is -0.0967. The second-order valence-corrected chi connectivity index (χ2v) is 7.08. The highest BCUT2D eigenvalue weighted by atomic mass is 31.2. The van der Waals surface area contributed by atoms with E-state index >= 15 is 0 Å². The number of hydroxylamine groups is 2. The molecule has 1 aliphatic rings. The van der Waals surface area contributed by atoms with E-state index in [2.05, 4.69) is 5.32 Å².